The molecule has 1 rings (SSSR count). The van der Waals surface area contributed by atoms with E-state index in [1.807, 2.05) is 0 Å². The summed E-state index contributed by atoms with van der Waals surface area (Å²) < 4.78 is 15.0. The first-order valence-corrected chi connectivity index (χ1v) is 5.77. The summed E-state index contributed by atoms with van der Waals surface area (Å²) in [4.78, 5) is 11.2. The minimum Gasteiger partial charge on any atom is -0.493 e. The number of hydrogen-bond donors (Lipinski definition) is 0. The van der Waals surface area contributed by atoms with Crippen molar-refractivity contribution in [3.8, 4) is 11.5 Å². The lowest BCUT2D eigenvalue weighted by Gasteiger charge is -2.10. The summed E-state index contributed by atoms with van der Waals surface area (Å²) in [6, 6.07) is 3.45. The van der Waals surface area contributed by atoms with Crippen LogP contribution < -0.4 is 9.47 Å². The fourth-order valence-electron chi connectivity index (χ4n) is 1.38. The van der Waals surface area contributed by atoms with Gasteiger partial charge in [-0.05, 0) is 30.7 Å². The molecule has 0 atom stereocenters. The van der Waals surface area contributed by atoms with Crippen LogP contribution in [0.25, 0.3) is 6.08 Å². The normalized spacial score (nSPS) is 10.4. The highest BCUT2D eigenvalue weighted by Gasteiger charge is 2.11. The summed E-state index contributed by atoms with van der Waals surface area (Å²) in [6.45, 7) is 2.08. The molecule has 1 aromatic rings. The molecule has 0 aliphatic heterocycles. The molecule has 0 amide bonds. The quantitative estimate of drug-likeness (QED) is 0.610. The molecule has 0 fully saturated rings. The van der Waals surface area contributed by atoms with E-state index in [4.69, 9.17) is 25.8 Å². The van der Waals surface area contributed by atoms with Crippen molar-refractivity contribution in [3.63, 3.8) is 0 Å². The van der Waals surface area contributed by atoms with Gasteiger partial charge in [-0.3, -0.25) is 0 Å². The van der Waals surface area contributed by atoms with Crippen LogP contribution in [0.5, 0.6) is 11.5 Å². The second-order valence-electron chi connectivity index (χ2n) is 3.29. The van der Waals surface area contributed by atoms with E-state index in [1.54, 1.807) is 25.1 Å². The van der Waals surface area contributed by atoms with E-state index in [2.05, 4.69) is 0 Å². The summed E-state index contributed by atoms with van der Waals surface area (Å²) in [5.74, 6) is 0.560. The van der Waals surface area contributed by atoms with Crippen molar-refractivity contribution >= 4 is 23.6 Å². The molecule has 0 aliphatic rings. The number of halogens is 1. The smallest absolute Gasteiger partial charge is 0.330 e. The van der Waals surface area contributed by atoms with Crippen LogP contribution in [-0.2, 0) is 9.53 Å². The Morgan fingerprint density at radius 3 is 2.61 bits per heavy atom. The van der Waals surface area contributed by atoms with Gasteiger partial charge in [0.05, 0.1) is 25.8 Å². The number of esters is 1. The zero-order valence-electron chi connectivity index (χ0n) is 10.5. The molecule has 5 heteroatoms. The molecule has 0 aromatic heterocycles. The molecule has 0 bridgehead atoms. The van der Waals surface area contributed by atoms with Crippen LogP contribution in [0.2, 0.25) is 5.02 Å². The first kappa shape index (κ1) is 14.4. The van der Waals surface area contributed by atoms with Crippen LogP contribution in [0.15, 0.2) is 18.2 Å². The van der Waals surface area contributed by atoms with Crippen LogP contribution in [0.1, 0.15) is 12.5 Å². The van der Waals surface area contributed by atoms with Gasteiger partial charge in [0.15, 0.2) is 11.5 Å². The van der Waals surface area contributed by atoms with E-state index in [9.17, 15) is 4.79 Å². The molecule has 0 unspecified atom stereocenters. The first-order chi connectivity index (χ1) is 8.63. The van der Waals surface area contributed by atoms with E-state index in [1.165, 1.54) is 20.3 Å². The van der Waals surface area contributed by atoms with Gasteiger partial charge in [-0.2, -0.15) is 0 Å². The number of ether oxygens (including phenoxy) is 3. The van der Waals surface area contributed by atoms with Gasteiger partial charge in [0.25, 0.3) is 0 Å². The van der Waals surface area contributed by atoms with Gasteiger partial charge in [0.1, 0.15) is 0 Å². The molecular weight excluding hydrogens is 256 g/mol. The largest absolute Gasteiger partial charge is 0.493 e. The minimum absolute atomic E-state index is 0.336. The average Bonchev–Trinajstić information content (AvgIpc) is 2.37. The van der Waals surface area contributed by atoms with Gasteiger partial charge in [0, 0.05) is 6.08 Å². The summed E-state index contributed by atoms with van der Waals surface area (Å²) >= 11 is 6.14. The molecule has 1 aromatic carbocycles. The highest BCUT2D eigenvalue weighted by Crippen LogP contribution is 2.37. The molecule has 0 aliphatic carbocycles. The Kier molecular flexibility index (Phi) is 5.52. The Labute approximate surface area is 111 Å². The van der Waals surface area contributed by atoms with Crippen molar-refractivity contribution in [2.24, 2.45) is 0 Å². The molecule has 0 heterocycles. The standard InChI is InChI=1S/C13H15ClO4/c1-4-18-11(15)8-6-9-5-7-10(16-2)13(17-3)12(9)14/h5-8H,4H2,1-3H3/b8-6+. The number of rotatable bonds is 5. The summed E-state index contributed by atoms with van der Waals surface area (Å²) in [5, 5.41) is 0.386. The van der Waals surface area contributed by atoms with Gasteiger partial charge in [-0.25, -0.2) is 4.79 Å². The fraction of sp³-hybridized carbons (Fsp3) is 0.308. The zero-order chi connectivity index (χ0) is 13.5. The summed E-state index contributed by atoms with van der Waals surface area (Å²) in [5.41, 5.74) is 0.655. The highest BCUT2D eigenvalue weighted by molar-refractivity contribution is 6.33. The third kappa shape index (κ3) is 3.40. The van der Waals surface area contributed by atoms with Gasteiger partial charge in [0.2, 0.25) is 0 Å². The van der Waals surface area contributed by atoms with Crippen molar-refractivity contribution in [2.75, 3.05) is 20.8 Å². The van der Waals surface area contributed by atoms with Crippen molar-refractivity contribution in [1.29, 1.82) is 0 Å². The molecule has 0 saturated carbocycles. The molecule has 0 radical (unpaired) electrons. The second kappa shape index (κ2) is 6.91. The Hall–Kier alpha value is -1.68. The SMILES string of the molecule is CCOC(=O)/C=C/c1ccc(OC)c(OC)c1Cl. The van der Waals surface area contributed by atoms with Crippen LogP contribution in [0.3, 0.4) is 0 Å². The Balaban J connectivity index is 3.01. The maximum atomic E-state index is 11.2. The van der Waals surface area contributed by atoms with Crippen molar-refractivity contribution < 1.29 is 19.0 Å². The van der Waals surface area contributed by atoms with E-state index in [0.717, 1.165) is 0 Å². The van der Waals surface area contributed by atoms with Crippen LogP contribution >= 0.6 is 11.6 Å². The molecule has 0 saturated heterocycles. The van der Waals surface area contributed by atoms with E-state index in [-0.39, 0.29) is 0 Å². The molecular formula is C13H15ClO4. The van der Waals surface area contributed by atoms with Crippen molar-refractivity contribution in [3.05, 3.63) is 28.8 Å². The monoisotopic (exact) mass is 270 g/mol. The lowest BCUT2D eigenvalue weighted by Crippen LogP contribution is -1.99. The van der Waals surface area contributed by atoms with Gasteiger partial charge >= 0.3 is 5.97 Å². The average molecular weight is 271 g/mol. The predicted molar refractivity (Wildman–Crippen MR) is 70.2 cm³/mol. The maximum absolute atomic E-state index is 11.2. The molecule has 4 nitrogen and oxygen atoms in total. The van der Waals surface area contributed by atoms with Gasteiger partial charge in [-0.1, -0.05) is 11.6 Å². The Morgan fingerprint density at radius 2 is 2.06 bits per heavy atom. The topological polar surface area (TPSA) is 44.8 Å². The van der Waals surface area contributed by atoms with Crippen LogP contribution in [0.4, 0.5) is 0 Å². The Morgan fingerprint density at radius 1 is 1.33 bits per heavy atom. The van der Waals surface area contributed by atoms with Gasteiger partial charge < -0.3 is 14.2 Å². The first-order valence-electron chi connectivity index (χ1n) is 5.39. The van der Waals surface area contributed by atoms with Crippen molar-refractivity contribution in [2.45, 2.75) is 6.92 Å². The molecule has 0 N–H and O–H groups in total. The zero-order valence-corrected chi connectivity index (χ0v) is 11.3. The third-order valence-electron chi connectivity index (χ3n) is 2.20. The minimum atomic E-state index is -0.414. The Bertz CT molecular complexity index is 455. The van der Waals surface area contributed by atoms with E-state index >= 15 is 0 Å². The molecule has 98 valence electrons. The van der Waals surface area contributed by atoms with Gasteiger partial charge in [-0.15, -0.1) is 0 Å². The second-order valence-corrected chi connectivity index (χ2v) is 3.67. The van der Waals surface area contributed by atoms with E-state index < -0.39 is 5.97 Å². The number of benzene rings is 1. The van der Waals surface area contributed by atoms with E-state index in [0.29, 0.717) is 28.7 Å². The summed E-state index contributed by atoms with van der Waals surface area (Å²) in [7, 11) is 3.03. The molecule has 0 spiro atoms. The van der Waals surface area contributed by atoms with Crippen LogP contribution in [-0.4, -0.2) is 26.8 Å². The number of methoxy groups -OCH3 is 2. The fourth-order valence-corrected chi connectivity index (χ4v) is 1.68. The maximum Gasteiger partial charge on any atom is 0.330 e. The third-order valence-corrected chi connectivity index (χ3v) is 2.59. The number of hydrogen-bond acceptors (Lipinski definition) is 4. The predicted octanol–water partition coefficient (Wildman–Crippen LogP) is 2.93. The summed E-state index contributed by atoms with van der Waals surface area (Å²) in [6.07, 6.45) is 2.89. The highest BCUT2D eigenvalue weighted by atomic mass is 35.5. The number of carbonyl (C=O) groups is 1. The lowest BCUT2D eigenvalue weighted by atomic mass is 10.2. The lowest BCUT2D eigenvalue weighted by molar-refractivity contribution is -0.137. The molecule has 18 heavy (non-hydrogen) atoms. The number of carbonyl (C=O) groups excluding carboxylic acids is 1. The van der Waals surface area contributed by atoms with Crippen molar-refractivity contribution in [1.82, 2.24) is 0 Å². The van der Waals surface area contributed by atoms with Crippen LogP contribution in [0, 0.1) is 0 Å².